The molecule has 5 heteroatoms. The molecule has 5 nitrogen and oxygen atoms in total. The third kappa shape index (κ3) is 2.07. The molecular formula is C17H15N5. The van der Waals surface area contributed by atoms with Gasteiger partial charge in [0, 0.05) is 0 Å². The van der Waals surface area contributed by atoms with Crippen molar-refractivity contribution in [1.29, 1.82) is 0 Å². The van der Waals surface area contributed by atoms with Crippen LogP contribution in [-0.4, -0.2) is 19.6 Å². The molecule has 0 aliphatic heterocycles. The summed E-state index contributed by atoms with van der Waals surface area (Å²) in [6.45, 7) is 2.11. The Balaban J connectivity index is 1.82. The van der Waals surface area contributed by atoms with Gasteiger partial charge in [-0.3, -0.25) is 4.40 Å². The van der Waals surface area contributed by atoms with Crippen molar-refractivity contribution in [3.8, 4) is 0 Å². The lowest BCUT2D eigenvalue weighted by Gasteiger charge is -2.16. The normalized spacial score (nSPS) is 12.6. The first kappa shape index (κ1) is 12.8. The molecule has 22 heavy (non-hydrogen) atoms. The van der Waals surface area contributed by atoms with Gasteiger partial charge in [0.1, 0.15) is 6.33 Å². The average molecular weight is 289 g/mol. The molecule has 0 amide bonds. The minimum atomic E-state index is 0.135. The monoisotopic (exact) mass is 289 g/mol. The van der Waals surface area contributed by atoms with Crippen LogP contribution in [0.25, 0.3) is 16.7 Å². The maximum absolute atomic E-state index is 4.71. The maximum Gasteiger partial charge on any atom is 0.203 e. The second-order valence-electron chi connectivity index (χ2n) is 5.25. The van der Waals surface area contributed by atoms with E-state index in [1.807, 2.05) is 46.9 Å². The summed E-state index contributed by atoms with van der Waals surface area (Å²) in [5.74, 6) is 0.743. The Morgan fingerprint density at radius 1 is 1.00 bits per heavy atom. The highest BCUT2D eigenvalue weighted by Gasteiger charge is 2.13. The molecule has 0 saturated carbocycles. The number of hydrogen-bond acceptors (Lipinski definition) is 4. The number of anilines is 1. The first-order valence-corrected chi connectivity index (χ1v) is 7.23. The van der Waals surface area contributed by atoms with Crippen LogP contribution in [0.15, 0.2) is 60.9 Å². The van der Waals surface area contributed by atoms with Crippen molar-refractivity contribution in [3.05, 3.63) is 66.5 Å². The highest BCUT2D eigenvalue weighted by molar-refractivity contribution is 5.82. The highest BCUT2D eigenvalue weighted by atomic mass is 15.3. The molecule has 0 fully saturated rings. The molecular weight excluding hydrogens is 274 g/mol. The molecule has 4 rings (SSSR count). The van der Waals surface area contributed by atoms with E-state index in [9.17, 15) is 0 Å². The van der Waals surface area contributed by atoms with Crippen molar-refractivity contribution in [2.24, 2.45) is 0 Å². The summed E-state index contributed by atoms with van der Waals surface area (Å²) in [6, 6.07) is 18.4. The summed E-state index contributed by atoms with van der Waals surface area (Å²) >= 11 is 0. The van der Waals surface area contributed by atoms with E-state index in [4.69, 9.17) is 4.98 Å². The van der Waals surface area contributed by atoms with E-state index in [1.165, 1.54) is 5.56 Å². The van der Waals surface area contributed by atoms with Gasteiger partial charge in [-0.05, 0) is 24.6 Å². The third-order valence-corrected chi connectivity index (χ3v) is 3.79. The summed E-state index contributed by atoms with van der Waals surface area (Å²) in [4.78, 5) is 4.71. The fraction of sp³-hybridized carbons (Fsp3) is 0.118. The minimum absolute atomic E-state index is 0.135. The number of nitrogens with one attached hydrogen (secondary N) is 1. The SMILES string of the molecule is C[C@@H](Nc1nc2ccccc2n2cnnc12)c1ccccc1. The number of para-hydroxylation sites is 2. The number of rotatable bonds is 3. The van der Waals surface area contributed by atoms with Crippen LogP contribution >= 0.6 is 0 Å². The van der Waals surface area contributed by atoms with Gasteiger partial charge in [0.15, 0.2) is 5.82 Å². The van der Waals surface area contributed by atoms with Gasteiger partial charge in [0.2, 0.25) is 5.65 Å². The molecule has 2 heterocycles. The molecule has 1 N–H and O–H groups in total. The highest BCUT2D eigenvalue weighted by Crippen LogP contribution is 2.23. The number of benzene rings is 2. The predicted octanol–water partition coefficient (Wildman–Crippen LogP) is 3.45. The zero-order valence-electron chi connectivity index (χ0n) is 12.1. The van der Waals surface area contributed by atoms with E-state index >= 15 is 0 Å². The smallest absolute Gasteiger partial charge is 0.203 e. The summed E-state index contributed by atoms with van der Waals surface area (Å²) in [5, 5.41) is 11.7. The first-order valence-electron chi connectivity index (χ1n) is 7.23. The van der Waals surface area contributed by atoms with Crippen LogP contribution in [-0.2, 0) is 0 Å². The zero-order chi connectivity index (χ0) is 14.9. The quantitative estimate of drug-likeness (QED) is 0.627. The summed E-state index contributed by atoms with van der Waals surface area (Å²) in [6.07, 6.45) is 1.72. The van der Waals surface area contributed by atoms with Crippen molar-refractivity contribution in [2.45, 2.75) is 13.0 Å². The molecule has 0 aliphatic carbocycles. The van der Waals surface area contributed by atoms with Crippen molar-refractivity contribution in [1.82, 2.24) is 19.6 Å². The van der Waals surface area contributed by atoms with Gasteiger partial charge in [0.25, 0.3) is 0 Å². The Morgan fingerprint density at radius 3 is 2.64 bits per heavy atom. The van der Waals surface area contributed by atoms with Crippen LogP contribution in [0.3, 0.4) is 0 Å². The molecule has 4 aromatic rings. The van der Waals surface area contributed by atoms with E-state index < -0.39 is 0 Å². The first-order chi connectivity index (χ1) is 10.8. The molecule has 108 valence electrons. The molecule has 0 spiro atoms. The van der Waals surface area contributed by atoms with E-state index in [-0.39, 0.29) is 6.04 Å². The molecule has 0 bridgehead atoms. The fourth-order valence-electron chi connectivity index (χ4n) is 2.63. The summed E-state index contributed by atoms with van der Waals surface area (Å²) in [5.41, 5.74) is 3.86. The largest absolute Gasteiger partial charge is 0.360 e. The second-order valence-corrected chi connectivity index (χ2v) is 5.25. The summed E-state index contributed by atoms with van der Waals surface area (Å²) < 4.78 is 1.96. The Morgan fingerprint density at radius 2 is 1.77 bits per heavy atom. The summed E-state index contributed by atoms with van der Waals surface area (Å²) in [7, 11) is 0. The van der Waals surface area contributed by atoms with Gasteiger partial charge in [-0.25, -0.2) is 4.98 Å². The number of aromatic nitrogens is 4. The standard InChI is InChI=1S/C17H15N5/c1-12(13-7-3-2-4-8-13)19-16-17-21-18-11-22(17)15-10-6-5-9-14(15)20-16/h2-12H,1H3,(H,19,20)/t12-/m1/s1. The lowest BCUT2D eigenvalue weighted by molar-refractivity contribution is 0.875. The van der Waals surface area contributed by atoms with Gasteiger partial charge >= 0.3 is 0 Å². The molecule has 0 unspecified atom stereocenters. The van der Waals surface area contributed by atoms with Crippen molar-refractivity contribution < 1.29 is 0 Å². The van der Waals surface area contributed by atoms with Gasteiger partial charge in [-0.15, -0.1) is 10.2 Å². The van der Waals surface area contributed by atoms with E-state index in [2.05, 4.69) is 34.6 Å². The Labute approximate surface area is 127 Å². The van der Waals surface area contributed by atoms with Gasteiger partial charge in [0.05, 0.1) is 17.1 Å². The lowest BCUT2D eigenvalue weighted by atomic mass is 10.1. The van der Waals surface area contributed by atoms with Crippen LogP contribution in [0.2, 0.25) is 0 Å². The molecule has 0 radical (unpaired) electrons. The van der Waals surface area contributed by atoms with Crippen LogP contribution in [0, 0.1) is 0 Å². The minimum Gasteiger partial charge on any atom is -0.360 e. The van der Waals surface area contributed by atoms with E-state index in [0.717, 1.165) is 22.5 Å². The van der Waals surface area contributed by atoms with Crippen LogP contribution in [0.5, 0.6) is 0 Å². The van der Waals surface area contributed by atoms with Gasteiger partial charge in [-0.2, -0.15) is 0 Å². The zero-order valence-corrected chi connectivity index (χ0v) is 12.1. The topological polar surface area (TPSA) is 55.1 Å². The van der Waals surface area contributed by atoms with Crippen LogP contribution < -0.4 is 5.32 Å². The second kappa shape index (κ2) is 5.11. The third-order valence-electron chi connectivity index (χ3n) is 3.79. The number of hydrogen-bond donors (Lipinski definition) is 1. The lowest BCUT2D eigenvalue weighted by Crippen LogP contribution is -2.09. The van der Waals surface area contributed by atoms with Crippen LogP contribution in [0.1, 0.15) is 18.5 Å². The Hall–Kier alpha value is -2.95. The molecule has 2 aromatic heterocycles. The predicted molar refractivity (Wildman–Crippen MR) is 86.8 cm³/mol. The molecule has 0 aliphatic rings. The maximum atomic E-state index is 4.71. The molecule has 0 saturated heterocycles. The molecule has 1 atom stereocenters. The Kier molecular flexibility index (Phi) is 2.96. The Bertz CT molecular complexity index is 930. The van der Waals surface area contributed by atoms with E-state index in [0.29, 0.717) is 0 Å². The average Bonchev–Trinajstić information content (AvgIpc) is 3.06. The fourth-order valence-corrected chi connectivity index (χ4v) is 2.63. The van der Waals surface area contributed by atoms with Crippen molar-refractivity contribution in [3.63, 3.8) is 0 Å². The van der Waals surface area contributed by atoms with E-state index in [1.54, 1.807) is 6.33 Å². The van der Waals surface area contributed by atoms with Crippen molar-refractivity contribution >= 4 is 22.5 Å². The molecule has 2 aromatic carbocycles. The number of fused-ring (bicyclic) bond motifs is 3. The number of nitrogens with zero attached hydrogens (tertiary/aromatic N) is 4. The van der Waals surface area contributed by atoms with Crippen LogP contribution in [0.4, 0.5) is 5.82 Å². The van der Waals surface area contributed by atoms with Gasteiger partial charge < -0.3 is 5.32 Å². The van der Waals surface area contributed by atoms with Gasteiger partial charge in [-0.1, -0.05) is 42.5 Å². The van der Waals surface area contributed by atoms with Crippen molar-refractivity contribution in [2.75, 3.05) is 5.32 Å².